The lowest BCUT2D eigenvalue weighted by atomic mass is 10.2. The van der Waals surface area contributed by atoms with Crippen molar-refractivity contribution in [3.8, 4) is 0 Å². The van der Waals surface area contributed by atoms with Crippen molar-refractivity contribution < 1.29 is 21.9 Å². The molecule has 8 nitrogen and oxygen atoms in total. The van der Waals surface area contributed by atoms with Gasteiger partial charge in [0.05, 0.1) is 0 Å². The first kappa shape index (κ1) is 24.9. The monoisotopic (exact) mass is 360 g/mol. The summed E-state index contributed by atoms with van der Waals surface area (Å²) < 4.78 is 9.62. The summed E-state index contributed by atoms with van der Waals surface area (Å²) in [5.74, 6) is 0. The van der Waals surface area contributed by atoms with Crippen LogP contribution in [0.25, 0.3) is 0 Å². The van der Waals surface area contributed by atoms with Crippen LogP contribution in [-0.2, 0) is 9.47 Å². The second-order valence-corrected chi connectivity index (χ2v) is 4.13. The molecule has 0 spiro atoms. The maximum atomic E-state index is 11.5. The van der Waals surface area contributed by atoms with Crippen LogP contribution in [0.5, 0.6) is 0 Å². The Labute approximate surface area is 153 Å². The topological polar surface area (TPSA) is 129 Å². The Bertz CT molecular complexity index is 506. The van der Waals surface area contributed by atoms with Gasteiger partial charge in [0.2, 0.25) is 0 Å². The molecule has 0 heterocycles. The molecule has 0 saturated heterocycles. The normalized spacial score (nSPS) is 8.76. The third-order valence-corrected chi connectivity index (χ3v) is 2.42. The largest absolute Gasteiger partial charge is 0.448 e. The Kier molecular flexibility index (Phi) is 16.5. The maximum absolute atomic E-state index is 11.5. The number of amides is 2. The summed E-state index contributed by atoms with van der Waals surface area (Å²) >= 11 is 0. The summed E-state index contributed by atoms with van der Waals surface area (Å²) in [6, 6.07) is 5.04. The molecule has 0 bridgehead atoms. The minimum absolute atomic E-state index is 0. The minimum atomic E-state index is -0.610. The average molecular weight is 360 g/mol. The molecule has 0 fully saturated rings. The van der Waals surface area contributed by atoms with Crippen molar-refractivity contribution in [3.05, 3.63) is 23.8 Å². The number of carbonyl (C=O) groups is 2. The Morgan fingerprint density at radius 1 is 0.960 bits per heavy atom. The second-order valence-electron chi connectivity index (χ2n) is 4.13. The molecule has 8 heteroatoms. The summed E-state index contributed by atoms with van der Waals surface area (Å²) in [5.41, 5.74) is 12.3. The van der Waals surface area contributed by atoms with Gasteiger partial charge in [0.15, 0.2) is 0 Å². The molecule has 148 valence electrons. The number of nitrogens with one attached hydrogen (secondary N) is 2. The lowest BCUT2D eigenvalue weighted by Crippen LogP contribution is -2.20. The van der Waals surface area contributed by atoms with E-state index in [9.17, 15) is 9.59 Å². The number of nitrogens with two attached hydrogens (primary N) is 2. The van der Waals surface area contributed by atoms with E-state index in [-0.39, 0.29) is 29.2 Å². The van der Waals surface area contributed by atoms with Crippen LogP contribution in [-0.4, -0.2) is 38.5 Å². The molecule has 0 unspecified atom stereocenters. The third kappa shape index (κ3) is 11.8. The van der Waals surface area contributed by atoms with Gasteiger partial charge in [-0.2, -0.15) is 0 Å². The van der Waals surface area contributed by atoms with E-state index >= 15 is 0 Å². The highest BCUT2D eigenvalue weighted by atomic mass is 16.6. The molecule has 0 atom stereocenters. The van der Waals surface area contributed by atoms with Gasteiger partial charge in [-0.3, -0.25) is 10.6 Å². The summed E-state index contributed by atoms with van der Waals surface area (Å²) in [5, 5.41) is 5.10. The Morgan fingerprint density at radius 2 is 1.44 bits per heavy atom. The first-order chi connectivity index (χ1) is 12.1. The zero-order valence-corrected chi connectivity index (χ0v) is 15.8. The average Bonchev–Trinajstić information content (AvgIpc) is 2.64. The molecule has 25 heavy (non-hydrogen) atoms. The number of rotatable bonds is 6. The van der Waals surface area contributed by atoms with Crippen molar-refractivity contribution in [1.82, 2.24) is 0 Å². The molecule has 2 amide bonds. The number of aryl methyl sites for hydroxylation is 1. The smallest absolute Gasteiger partial charge is 0.411 e. The number of hydrogen-bond acceptors (Lipinski definition) is 6. The van der Waals surface area contributed by atoms with E-state index in [1.54, 1.807) is 18.2 Å². The third-order valence-electron chi connectivity index (χ3n) is 2.42. The molecular weight excluding hydrogens is 324 g/mol. The Balaban J connectivity index is -0.000000412. The van der Waals surface area contributed by atoms with Crippen LogP contribution in [0.3, 0.4) is 0 Å². The highest BCUT2D eigenvalue weighted by Gasteiger charge is 2.08. The fourth-order valence-corrected chi connectivity index (χ4v) is 1.44. The fraction of sp³-hybridized carbons (Fsp3) is 0.529. The van der Waals surface area contributed by atoms with Crippen molar-refractivity contribution in [3.63, 3.8) is 0 Å². The van der Waals surface area contributed by atoms with Crippen LogP contribution in [0, 0.1) is 6.92 Å². The standard InChI is InChI=1S/C13H20N4O4.2C2H6.2H2/c1-9-2-3-10(16-12(18)20-6-4-14)8-11(9)17-13(19)21-7-5-15;2*1-2;;/h2-3,8H,4-7,14-15H2,1H3,(H,16,18)(H,17,19);2*1-2H3;2*1H. The van der Waals surface area contributed by atoms with Crippen LogP contribution in [0.2, 0.25) is 0 Å². The number of anilines is 2. The summed E-state index contributed by atoms with van der Waals surface area (Å²) in [7, 11) is 0. The van der Waals surface area contributed by atoms with Gasteiger partial charge in [0, 0.05) is 27.3 Å². The molecule has 0 aliphatic heterocycles. The predicted molar refractivity (Wildman–Crippen MR) is 106 cm³/mol. The van der Waals surface area contributed by atoms with E-state index in [1.807, 2.05) is 34.6 Å². The van der Waals surface area contributed by atoms with Gasteiger partial charge in [0.1, 0.15) is 13.2 Å². The van der Waals surface area contributed by atoms with Gasteiger partial charge in [0.25, 0.3) is 0 Å². The lowest BCUT2D eigenvalue weighted by Gasteiger charge is -2.11. The van der Waals surface area contributed by atoms with Gasteiger partial charge in [-0.05, 0) is 24.6 Å². The van der Waals surface area contributed by atoms with Crippen molar-refractivity contribution in [2.75, 3.05) is 36.9 Å². The van der Waals surface area contributed by atoms with Crippen LogP contribution in [0.4, 0.5) is 21.0 Å². The molecular formula is C17H36N4O4. The van der Waals surface area contributed by atoms with E-state index in [4.69, 9.17) is 20.9 Å². The number of benzene rings is 1. The molecule has 1 aromatic carbocycles. The highest BCUT2D eigenvalue weighted by molar-refractivity contribution is 5.89. The van der Waals surface area contributed by atoms with Crippen molar-refractivity contribution in [1.29, 1.82) is 0 Å². The molecule has 0 aliphatic rings. The van der Waals surface area contributed by atoms with Crippen molar-refractivity contribution in [2.24, 2.45) is 11.5 Å². The summed E-state index contributed by atoms with van der Waals surface area (Å²) in [6.45, 7) is 10.6. The van der Waals surface area contributed by atoms with Gasteiger partial charge in [-0.15, -0.1) is 0 Å². The van der Waals surface area contributed by atoms with Crippen molar-refractivity contribution >= 4 is 23.6 Å². The lowest BCUT2D eigenvalue weighted by molar-refractivity contribution is 0.164. The molecule has 0 saturated carbocycles. The Morgan fingerprint density at radius 3 is 1.92 bits per heavy atom. The first-order valence-electron chi connectivity index (χ1n) is 8.45. The van der Waals surface area contributed by atoms with Gasteiger partial charge < -0.3 is 20.9 Å². The highest BCUT2D eigenvalue weighted by Crippen LogP contribution is 2.20. The zero-order valence-electron chi connectivity index (χ0n) is 15.8. The number of ether oxygens (including phenoxy) is 2. The van der Waals surface area contributed by atoms with Gasteiger partial charge in [-0.1, -0.05) is 33.8 Å². The summed E-state index contributed by atoms with van der Waals surface area (Å²) in [4.78, 5) is 22.9. The maximum Gasteiger partial charge on any atom is 0.411 e. The van der Waals surface area contributed by atoms with Crippen LogP contribution >= 0.6 is 0 Å². The quantitative estimate of drug-likeness (QED) is 0.614. The zero-order chi connectivity index (χ0) is 19.7. The van der Waals surface area contributed by atoms with Crippen LogP contribution in [0.1, 0.15) is 36.1 Å². The van der Waals surface area contributed by atoms with E-state index in [2.05, 4.69) is 10.6 Å². The van der Waals surface area contributed by atoms with Crippen LogP contribution in [0.15, 0.2) is 18.2 Å². The molecule has 1 rings (SSSR count). The summed E-state index contributed by atoms with van der Waals surface area (Å²) in [6.07, 6.45) is -1.22. The van der Waals surface area contributed by atoms with E-state index in [1.165, 1.54) is 0 Å². The van der Waals surface area contributed by atoms with Gasteiger partial charge >= 0.3 is 12.2 Å². The molecule has 0 aliphatic carbocycles. The van der Waals surface area contributed by atoms with Crippen molar-refractivity contribution in [2.45, 2.75) is 34.6 Å². The number of hydrogen-bond donors (Lipinski definition) is 4. The van der Waals surface area contributed by atoms with E-state index in [0.29, 0.717) is 11.4 Å². The molecule has 0 radical (unpaired) electrons. The predicted octanol–water partition coefficient (Wildman–Crippen LogP) is 3.55. The first-order valence-corrected chi connectivity index (χ1v) is 8.45. The van der Waals surface area contributed by atoms with E-state index in [0.717, 1.165) is 5.56 Å². The van der Waals surface area contributed by atoms with Crippen LogP contribution < -0.4 is 22.1 Å². The molecule has 1 aromatic rings. The SMILES string of the molecule is CC.CC.Cc1ccc(NC(=O)OCCN)cc1NC(=O)OCCN.[HH].[HH]. The van der Waals surface area contributed by atoms with E-state index < -0.39 is 12.2 Å². The Hall–Kier alpha value is -2.32. The molecule has 6 N–H and O–H groups in total. The minimum Gasteiger partial charge on any atom is -0.448 e. The fourth-order valence-electron chi connectivity index (χ4n) is 1.44. The number of carbonyl (C=O) groups excluding carboxylic acids is 2. The molecule has 0 aromatic heterocycles. The second kappa shape index (κ2) is 16.5. The van der Waals surface area contributed by atoms with Gasteiger partial charge in [-0.25, -0.2) is 9.59 Å².